The molecule has 1 aliphatic heterocycles. The van der Waals surface area contributed by atoms with Gasteiger partial charge in [0, 0.05) is 62.5 Å². The van der Waals surface area contributed by atoms with Crippen LogP contribution in [0.1, 0.15) is 31.7 Å². The molecule has 217 valence electrons. The minimum absolute atomic E-state index is 0. The minimum atomic E-state index is 0. The van der Waals surface area contributed by atoms with Crippen molar-refractivity contribution in [2.75, 3.05) is 63.7 Å². The molecule has 4 aromatic rings. The molecular formula is C35H44N4OSY+2. The fourth-order valence-electron chi connectivity index (χ4n) is 5.66. The molecule has 0 amide bonds. The quantitative estimate of drug-likeness (QED) is 0.136. The van der Waals surface area contributed by atoms with Crippen molar-refractivity contribution in [3.63, 3.8) is 0 Å². The third-order valence-corrected chi connectivity index (χ3v) is 9.20. The van der Waals surface area contributed by atoms with Gasteiger partial charge in [0.15, 0.2) is 0 Å². The van der Waals surface area contributed by atoms with E-state index in [0.29, 0.717) is 0 Å². The van der Waals surface area contributed by atoms with Gasteiger partial charge >= 0.3 is 0 Å². The van der Waals surface area contributed by atoms with Crippen LogP contribution in [0.2, 0.25) is 0 Å². The van der Waals surface area contributed by atoms with Crippen LogP contribution in [0.15, 0.2) is 94.9 Å². The second-order valence-corrected chi connectivity index (χ2v) is 12.6. The first kappa shape index (κ1) is 32.7. The van der Waals surface area contributed by atoms with Gasteiger partial charge in [-0.05, 0) is 48.4 Å². The molecule has 1 N–H and O–H groups in total. The SMILES string of the molecule is CCCCN(CCC[N+](C)(C)CCO)c1cc(C=C2Sc3ccccc3N2C)c2ccccc2[n+]1-c1ccccc1.[Y]. The number of hydrogen-bond acceptors (Lipinski definition) is 4. The molecule has 5 nitrogen and oxygen atoms in total. The van der Waals surface area contributed by atoms with Crippen molar-refractivity contribution in [3.8, 4) is 5.69 Å². The molecule has 1 aromatic heterocycles. The van der Waals surface area contributed by atoms with E-state index in [2.05, 4.69) is 133 Å². The molecule has 2 heterocycles. The molecule has 1 radical (unpaired) electrons. The summed E-state index contributed by atoms with van der Waals surface area (Å²) in [7, 11) is 6.59. The summed E-state index contributed by atoms with van der Waals surface area (Å²) < 4.78 is 3.27. The Morgan fingerprint density at radius 1 is 0.905 bits per heavy atom. The van der Waals surface area contributed by atoms with E-state index >= 15 is 0 Å². The smallest absolute Gasteiger partial charge is 0.282 e. The third kappa shape index (κ3) is 7.46. The zero-order valence-corrected chi connectivity index (χ0v) is 29.2. The molecule has 0 bridgehead atoms. The maximum Gasteiger partial charge on any atom is 0.282 e. The number of aliphatic hydroxyl groups is 1. The van der Waals surface area contributed by atoms with Crippen LogP contribution < -0.4 is 14.4 Å². The van der Waals surface area contributed by atoms with Crippen LogP contribution in [0.4, 0.5) is 11.5 Å². The molecule has 0 unspecified atom stereocenters. The van der Waals surface area contributed by atoms with Crippen molar-refractivity contribution in [1.82, 2.24) is 0 Å². The van der Waals surface area contributed by atoms with Crippen molar-refractivity contribution in [2.45, 2.75) is 31.1 Å². The number of unbranched alkanes of at least 4 members (excludes halogenated alkanes) is 1. The van der Waals surface area contributed by atoms with E-state index < -0.39 is 0 Å². The molecule has 1 aliphatic rings. The summed E-state index contributed by atoms with van der Waals surface area (Å²) in [6.07, 6.45) is 5.71. The first-order valence-electron chi connectivity index (χ1n) is 14.8. The van der Waals surface area contributed by atoms with Crippen LogP contribution in [-0.4, -0.2) is 63.5 Å². The molecule has 0 spiro atoms. The fourth-order valence-corrected chi connectivity index (χ4v) is 6.76. The van der Waals surface area contributed by atoms with Crippen LogP contribution in [0.25, 0.3) is 22.7 Å². The number of benzene rings is 3. The molecule has 0 atom stereocenters. The van der Waals surface area contributed by atoms with Gasteiger partial charge in [-0.3, -0.25) is 4.90 Å². The number of fused-ring (bicyclic) bond motifs is 2. The van der Waals surface area contributed by atoms with E-state index in [0.717, 1.165) is 49.9 Å². The van der Waals surface area contributed by atoms with Crippen LogP contribution in [0.5, 0.6) is 0 Å². The number of likely N-dealkylation sites (N-methyl/N-ethyl adjacent to an activating group) is 1. The normalized spacial score (nSPS) is 13.8. The third-order valence-electron chi connectivity index (χ3n) is 8.04. The number of aromatic nitrogens is 1. The van der Waals surface area contributed by atoms with E-state index in [1.165, 1.54) is 43.6 Å². The van der Waals surface area contributed by atoms with Crippen molar-refractivity contribution in [3.05, 3.63) is 95.5 Å². The van der Waals surface area contributed by atoms with Gasteiger partial charge in [0.25, 0.3) is 5.82 Å². The predicted molar refractivity (Wildman–Crippen MR) is 175 cm³/mol. The number of nitrogens with zero attached hydrogens (tertiary/aromatic N) is 4. The monoisotopic (exact) mass is 657 g/mol. The second kappa shape index (κ2) is 15.0. The molecular weight excluding hydrogens is 613 g/mol. The zero-order valence-electron chi connectivity index (χ0n) is 25.5. The summed E-state index contributed by atoms with van der Waals surface area (Å²) in [5.41, 5.74) is 4.89. The van der Waals surface area contributed by atoms with Crippen LogP contribution in [0, 0.1) is 0 Å². The Bertz CT molecular complexity index is 1510. The van der Waals surface area contributed by atoms with E-state index in [4.69, 9.17) is 0 Å². The van der Waals surface area contributed by atoms with Gasteiger partial charge in [-0.1, -0.05) is 73.6 Å². The van der Waals surface area contributed by atoms with E-state index in [1.807, 2.05) is 11.8 Å². The van der Waals surface area contributed by atoms with Crippen LogP contribution in [0.3, 0.4) is 0 Å². The van der Waals surface area contributed by atoms with E-state index in [1.54, 1.807) is 0 Å². The molecule has 0 saturated carbocycles. The van der Waals surface area contributed by atoms with Gasteiger partial charge < -0.3 is 14.5 Å². The Labute approximate surface area is 281 Å². The standard InChI is InChI=1S/C35H44N4OS.Y/c1-5-6-21-37(22-14-23-39(3,4)24-25-40)34-26-28(27-35-36(2)32-19-12-13-20-33(32)41-35)30-17-10-11-18-31(30)38(34)29-15-8-7-9-16-29;/h7-13,15-20,26-27,40H,5-6,14,21-25H2,1-4H3;/q+2;. The number of quaternary nitrogens is 1. The summed E-state index contributed by atoms with van der Waals surface area (Å²) in [6, 6.07) is 30.6. The van der Waals surface area contributed by atoms with Crippen molar-refractivity contribution in [1.29, 1.82) is 0 Å². The fraction of sp³-hybridized carbons (Fsp3) is 0.343. The average Bonchev–Trinajstić information content (AvgIpc) is 3.30. The molecule has 0 aliphatic carbocycles. The number of aliphatic hydroxyl groups excluding tert-OH is 1. The maximum absolute atomic E-state index is 9.55. The molecule has 5 rings (SSSR count). The van der Waals surface area contributed by atoms with Gasteiger partial charge in [0.2, 0.25) is 0 Å². The zero-order chi connectivity index (χ0) is 28.8. The Balaban J connectivity index is 0.00000405. The topological polar surface area (TPSA) is 30.6 Å². The summed E-state index contributed by atoms with van der Waals surface area (Å²) in [6.45, 7) is 6.27. The minimum Gasteiger partial charge on any atom is -0.391 e. The first-order valence-corrected chi connectivity index (χ1v) is 15.7. The second-order valence-electron chi connectivity index (χ2n) is 11.6. The van der Waals surface area contributed by atoms with Gasteiger partial charge in [-0.2, -0.15) is 4.57 Å². The molecule has 7 heteroatoms. The summed E-state index contributed by atoms with van der Waals surface area (Å²) in [5, 5.41) is 12.0. The largest absolute Gasteiger partial charge is 0.391 e. The van der Waals surface area contributed by atoms with Crippen LogP contribution in [-0.2, 0) is 32.7 Å². The van der Waals surface area contributed by atoms with Gasteiger partial charge in [0.1, 0.15) is 17.7 Å². The summed E-state index contributed by atoms with van der Waals surface area (Å²) in [4.78, 5) is 6.20. The number of thioether (sulfide) groups is 1. The number of rotatable bonds is 12. The maximum atomic E-state index is 9.55. The Morgan fingerprint density at radius 3 is 2.33 bits per heavy atom. The van der Waals surface area contributed by atoms with Gasteiger partial charge in [-0.25, -0.2) is 0 Å². The number of anilines is 2. The number of hydrogen-bond donors (Lipinski definition) is 1. The number of para-hydroxylation sites is 3. The number of pyridine rings is 1. The summed E-state index contributed by atoms with van der Waals surface area (Å²) >= 11 is 1.84. The van der Waals surface area contributed by atoms with Crippen molar-refractivity contribution in [2.24, 2.45) is 0 Å². The van der Waals surface area contributed by atoms with E-state index in [-0.39, 0.29) is 39.3 Å². The Morgan fingerprint density at radius 2 is 1.60 bits per heavy atom. The Kier molecular flexibility index (Phi) is 11.7. The van der Waals surface area contributed by atoms with Gasteiger partial charge in [0.05, 0.1) is 51.1 Å². The molecule has 3 aromatic carbocycles. The summed E-state index contributed by atoms with van der Waals surface area (Å²) in [5.74, 6) is 1.23. The first-order chi connectivity index (χ1) is 19.9. The van der Waals surface area contributed by atoms with Crippen molar-refractivity contribution < 1.29 is 46.9 Å². The molecule has 42 heavy (non-hydrogen) atoms. The average molecular weight is 658 g/mol. The van der Waals surface area contributed by atoms with E-state index in [9.17, 15) is 5.11 Å². The molecule has 0 fully saturated rings. The van der Waals surface area contributed by atoms with Crippen LogP contribution >= 0.6 is 11.8 Å². The predicted octanol–water partition coefficient (Wildman–Crippen LogP) is 6.72. The van der Waals surface area contributed by atoms with Gasteiger partial charge in [-0.15, -0.1) is 0 Å². The Hall–Kier alpha value is -2.22. The molecule has 0 saturated heterocycles. The van der Waals surface area contributed by atoms with Crippen molar-refractivity contribution >= 4 is 40.2 Å².